The van der Waals surface area contributed by atoms with Crippen LogP contribution in [0, 0.1) is 0 Å². The first kappa shape index (κ1) is 15.6. The zero-order valence-corrected chi connectivity index (χ0v) is 12.9. The zero-order valence-electron chi connectivity index (χ0n) is 11.3. The zero-order chi connectivity index (χ0) is 15.5. The van der Waals surface area contributed by atoms with Crippen molar-refractivity contribution in [2.45, 2.75) is 15.5 Å². The molecule has 0 fully saturated rings. The lowest BCUT2D eigenvalue weighted by molar-refractivity contribution is 0.0696. The molecule has 6 heteroatoms. The Hall–Kier alpha value is -1.79. The van der Waals surface area contributed by atoms with Crippen LogP contribution in [0.15, 0.2) is 58.3 Å². The second-order valence-electron chi connectivity index (χ2n) is 4.54. The molecule has 0 aliphatic heterocycles. The molecule has 4 nitrogen and oxygen atoms in total. The third-order valence-electron chi connectivity index (χ3n) is 2.83. The molecule has 21 heavy (non-hydrogen) atoms. The summed E-state index contributed by atoms with van der Waals surface area (Å²) in [7, 11) is -3.18. The highest BCUT2D eigenvalue weighted by atomic mass is 32.2. The van der Waals surface area contributed by atoms with Gasteiger partial charge in [0.2, 0.25) is 0 Å². The minimum atomic E-state index is -3.18. The van der Waals surface area contributed by atoms with Crippen molar-refractivity contribution in [2.24, 2.45) is 0 Å². The lowest BCUT2D eigenvalue weighted by atomic mass is 10.1. The van der Waals surface area contributed by atoms with Crippen LogP contribution < -0.4 is 0 Å². The molecule has 0 heterocycles. The molecule has 0 bridgehead atoms. The fraction of sp³-hybridized carbons (Fsp3) is 0.133. The van der Waals surface area contributed by atoms with Gasteiger partial charge in [-0.1, -0.05) is 12.1 Å². The fourth-order valence-corrected chi connectivity index (χ4v) is 3.22. The Labute approximate surface area is 127 Å². The van der Waals surface area contributed by atoms with E-state index >= 15 is 0 Å². The fourth-order valence-electron chi connectivity index (χ4n) is 1.74. The molecule has 0 atom stereocenters. The molecule has 0 saturated carbocycles. The van der Waals surface area contributed by atoms with E-state index in [4.69, 9.17) is 5.11 Å². The highest BCUT2D eigenvalue weighted by molar-refractivity contribution is 7.98. The summed E-state index contributed by atoms with van der Waals surface area (Å²) in [5.41, 5.74) is 1.17. The molecule has 0 unspecified atom stereocenters. The Morgan fingerprint density at radius 3 is 2.38 bits per heavy atom. The van der Waals surface area contributed by atoms with Crippen molar-refractivity contribution in [3.8, 4) is 0 Å². The Balaban J connectivity index is 2.06. The molecule has 1 N–H and O–H groups in total. The predicted molar refractivity (Wildman–Crippen MR) is 82.5 cm³/mol. The number of benzene rings is 2. The first-order valence-corrected chi connectivity index (χ1v) is 8.99. The Kier molecular flexibility index (Phi) is 4.69. The minimum absolute atomic E-state index is 0.264. The van der Waals surface area contributed by atoms with Crippen LogP contribution in [0.1, 0.15) is 15.9 Å². The van der Waals surface area contributed by atoms with Gasteiger partial charge in [0.1, 0.15) is 0 Å². The lowest BCUT2D eigenvalue weighted by Crippen LogP contribution is -1.97. The van der Waals surface area contributed by atoms with E-state index in [0.717, 1.165) is 10.5 Å². The number of sulfone groups is 1. The number of thioether (sulfide) groups is 1. The summed E-state index contributed by atoms with van der Waals surface area (Å²) in [4.78, 5) is 12.1. The summed E-state index contributed by atoms with van der Waals surface area (Å²) in [6, 6.07) is 13.4. The van der Waals surface area contributed by atoms with Crippen molar-refractivity contribution in [1.82, 2.24) is 0 Å². The van der Waals surface area contributed by atoms with Gasteiger partial charge in [0.05, 0.1) is 10.5 Å². The number of carbonyl (C=O) groups is 1. The van der Waals surface area contributed by atoms with E-state index in [1.54, 1.807) is 42.5 Å². The van der Waals surface area contributed by atoms with Gasteiger partial charge in [-0.15, -0.1) is 11.8 Å². The van der Waals surface area contributed by atoms with Gasteiger partial charge < -0.3 is 5.11 Å². The van der Waals surface area contributed by atoms with E-state index in [0.29, 0.717) is 10.6 Å². The predicted octanol–water partition coefficient (Wildman–Crippen LogP) is 3.08. The smallest absolute Gasteiger partial charge is 0.335 e. The summed E-state index contributed by atoms with van der Waals surface area (Å²) < 4.78 is 22.7. The van der Waals surface area contributed by atoms with Crippen molar-refractivity contribution < 1.29 is 18.3 Å². The van der Waals surface area contributed by atoms with Gasteiger partial charge >= 0.3 is 5.97 Å². The molecule has 0 aliphatic carbocycles. The third-order valence-corrected chi connectivity index (χ3v) is 5.04. The summed E-state index contributed by atoms with van der Waals surface area (Å²) in [5, 5.41) is 8.94. The number of carboxylic acid groups (broad SMARTS) is 1. The van der Waals surface area contributed by atoms with Gasteiger partial charge in [0.25, 0.3) is 0 Å². The molecule has 2 aromatic carbocycles. The van der Waals surface area contributed by atoms with Gasteiger partial charge in [-0.05, 0) is 42.0 Å². The van der Waals surface area contributed by atoms with Crippen LogP contribution in [0.3, 0.4) is 0 Å². The molecule has 110 valence electrons. The summed E-state index contributed by atoms with van der Waals surface area (Å²) >= 11 is 1.53. The molecule has 0 spiro atoms. The van der Waals surface area contributed by atoms with Crippen LogP contribution >= 0.6 is 11.8 Å². The monoisotopic (exact) mass is 322 g/mol. The largest absolute Gasteiger partial charge is 0.478 e. The van der Waals surface area contributed by atoms with Crippen molar-refractivity contribution in [1.29, 1.82) is 0 Å². The van der Waals surface area contributed by atoms with E-state index in [2.05, 4.69) is 0 Å². The van der Waals surface area contributed by atoms with Crippen molar-refractivity contribution in [3.63, 3.8) is 0 Å². The van der Waals surface area contributed by atoms with E-state index < -0.39 is 15.8 Å². The second-order valence-corrected chi connectivity index (χ2v) is 7.60. The van der Waals surface area contributed by atoms with E-state index in [1.807, 2.05) is 6.07 Å². The molecule has 0 saturated heterocycles. The Morgan fingerprint density at radius 1 is 1.14 bits per heavy atom. The van der Waals surface area contributed by atoms with E-state index in [9.17, 15) is 13.2 Å². The van der Waals surface area contributed by atoms with Gasteiger partial charge in [0.15, 0.2) is 9.84 Å². The van der Waals surface area contributed by atoms with Crippen LogP contribution in [0.5, 0.6) is 0 Å². The van der Waals surface area contributed by atoms with Crippen LogP contribution in [-0.4, -0.2) is 25.7 Å². The maximum Gasteiger partial charge on any atom is 0.335 e. The summed E-state index contributed by atoms with van der Waals surface area (Å²) in [5.74, 6) is -0.321. The first-order valence-electron chi connectivity index (χ1n) is 6.11. The number of hydrogen-bond donors (Lipinski definition) is 1. The van der Waals surface area contributed by atoms with Crippen LogP contribution in [0.25, 0.3) is 0 Å². The van der Waals surface area contributed by atoms with Gasteiger partial charge in [-0.3, -0.25) is 0 Å². The third kappa shape index (κ3) is 4.34. The number of carboxylic acids is 1. The highest BCUT2D eigenvalue weighted by Crippen LogP contribution is 2.24. The second kappa shape index (κ2) is 6.32. The van der Waals surface area contributed by atoms with Crippen LogP contribution in [0.4, 0.5) is 0 Å². The standard InChI is InChI=1S/C15H14O4S2/c1-21(18,19)14-7-5-13(6-8-14)20-10-11-3-2-4-12(9-11)15(16)17/h2-9H,10H2,1H3,(H,16,17). The summed E-state index contributed by atoms with van der Waals surface area (Å²) in [6.07, 6.45) is 1.17. The molecule has 0 radical (unpaired) electrons. The maximum atomic E-state index is 11.4. The summed E-state index contributed by atoms with van der Waals surface area (Å²) in [6.45, 7) is 0. The normalized spacial score (nSPS) is 11.3. The molecule has 0 aromatic heterocycles. The highest BCUT2D eigenvalue weighted by Gasteiger charge is 2.07. The SMILES string of the molecule is CS(=O)(=O)c1ccc(SCc2cccc(C(=O)O)c2)cc1. The van der Waals surface area contributed by atoms with Crippen molar-refractivity contribution in [3.05, 3.63) is 59.7 Å². The molecule has 0 amide bonds. The Bertz CT molecular complexity index is 749. The molecular weight excluding hydrogens is 308 g/mol. The van der Waals surface area contributed by atoms with Crippen molar-refractivity contribution >= 4 is 27.6 Å². The van der Waals surface area contributed by atoms with Gasteiger partial charge in [-0.2, -0.15) is 0 Å². The Morgan fingerprint density at radius 2 is 1.81 bits per heavy atom. The number of hydrogen-bond acceptors (Lipinski definition) is 4. The van der Waals surface area contributed by atoms with E-state index in [-0.39, 0.29) is 5.56 Å². The number of aromatic carboxylic acids is 1. The first-order chi connectivity index (χ1) is 9.86. The molecule has 0 aliphatic rings. The average Bonchev–Trinajstić information content (AvgIpc) is 2.45. The van der Waals surface area contributed by atoms with Gasteiger partial charge in [0, 0.05) is 16.9 Å². The minimum Gasteiger partial charge on any atom is -0.478 e. The van der Waals surface area contributed by atoms with E-state index in [1.165, 1.54) is 18.0 Å². The number of rotatable bonds is 5. The molecule has 2 rings (SSSR count). The average molecular weight is 322 g/mol. The van der Waals surface area contributed by atoms with Crippen molar-refractivity contribution in [2.75, 3.05) is 6.26 Å². The molecule has 2 aromatic rings. The molecular formula is C15H14O4S2. The van der Waals surface area contributed by atoms with Crippen LogP contribution in [-0.2, 0) is 15.6 Å². The lowest BCUT2D eigenvalue weighted by Gasteiger charge is -2.04. The topological polar surface area (TPSA) is 71.4 Å². The maximum absolute atomic E-state index is 11.4. The quantitative estimate of drug-likeness (QED) is 0.857. The van der Waals surface area contributed by atoms with Gasteiger partial charge in [-0.25, -0.2) is 13.2 Å². The van der Waals surface area contributed by atoms with Crippen LogP contribution in [0.2, 0.25) is 0 Å².